The predicted molar refractivity (Wildman–Crippen MR) is 98.2 cm³/mol. The molecule has 2 aromatic heterocycles. The number of pyridine rings is 1. The van der Waals surface area contributed by atoms with Crippen LogP contribution in [0.1, 0.15) is 20.8 Å². The molecule has 0 bridgehead atoms. The van der Waals surface area contributed by atoms with E-state index in [9.17, 15) is 4.79 Å². The summed E-state index contributed by atoms with van der Waals surface area (Å²) in [6, 6.07) is 9.23. The van der Waals surface area contributed by atoms with Gasteiger partial charge in [-0.15, -0.1) is 0 Å². The summed E-state index contributed by atoms with van der Waals surface area (Å²) in [5.41, 5.74) is 8.02. The van der Waals surface area contributed by atoms with Gasteiger partial charge >= 0.3 is 0 Å². The van der Waals surface area contributed by atoms with Crippen molar-refractivity contribution in [3.05, 3.63) is 63.8 Å². The number of hydrogen-bond acceptors (Lipinski definition) is 5. The smallest absolute Gasteiger partial charge is 0.275 e. The highest BCUT2D eigenvalue weighted by Gasteiger charge is 2.27. The van der Waals surface area contributed by atoms with Gasteiger partial charge in [0.1, 0.15) is 10.7 Å². The lowest BCUT2D eigenvalue weighted by Crippen LogP contribution is -2.28. The van der Waals surface area contributed by atoms with E-state index in [-0.39, 0.29) is 5.91 Å². The van der Waals surface area contributed by atoms with E-state index < -0.39 is 0 Å². The molecule has 0 unspecified atom stereocenters. The molecule has 24 heavy (non-hydrogen) atoms. The van der Waals surface area contributed by atoms with Crippen LogP contribution in [-0.4, -0.2) is 15.9 Å². The van der Waals surface area contributed by atoms with Gasteiger partial charge in [0.05, 0.1) is 16.9 Å². The molecule has 1 amide bonds. The molecule has 7 heteroatoms. The molecule has 0 aliphatic heterocycles. The molecule has 0 aliphatic carbocycles. The van der Waals surface area contributed by atoms with Crippen molar-refractivity contribution in [1.82, 2.24) is 9.97 Å². The van der Waals surface area contributed by atoms with Crippen LogP contribution in [0.4, 0.5) is 16.6 Å². The summed E-state index contributed by atoms with van der Waals surface area (Å²) in [4.78, 5) is 23.5. The van der Waals surface area contributed by atoms with E-state index in [2.05, 4.69) is 9.97 Å². The van der Waals surface area contributed by atoms with Crippen molar-refractivity contribution in [1.29, 1.82) is 0 Å². The highest BCUT2D eigenvalue weighted by Crippen LogP contribution is 2.37. The van der Waals surface area contributed by atoms with Crippen LogP contribution in [-0.2, 0) is 0 Å². The molecule has 0 atom stereocenters. The van der Waals surface area contributed by atoms with Crippen molar-refractivity contribution in [2.75, 3.05) is 10.6 Å². The quantitative estimate of drug-likeness (QED) is 0.754. The van der Waals surface area contributed by atoms with Gasteiger partial charge in [-0.3, -0.25) is 9.69 Å². The maximum atomic E-state index is 13.2. The van der Waals surface area contributed by atoms with Gasteiger partial charge < -0.3 is 5.73 Å². The summed E-state index contributed by atoms with van der Waals surface area (Å²) in [6.07, 6.45) is 3.12. The minimum absolute atomic E-state index is 0.262. The summed E-state index contributed by atoms with van der Waals surface area (Å²) in [7, 11) is 0. The number of para-hydroxylation sites is 1. The first-order chi connectivity index (χ1) is 11.5. The van der Waals surface area contributed by atoms with Crippen LogP contribution in [0.5, 0.6) is 0 Å². The van der Waals surface area contributed by atoms with Gasteiger partial charge in [0.2, 0.25) is 0 Å². The number of thiazole rings is 1. The van der Waals surface area contributed by atoms with Crippen molar-refractivity contribution < 1.29 is 4.79 Å². The average molecular weight is 359 g/mol. The number of aryl methyl sites for hydroxylation is 2. The standard InChI is InChI=1S/C17H15ClN4OS/c1-10-5-3-7-12(18)14(10)22(15-11(2)6-4-8-20-15)16(23)13-9-21-17(19)24-13/h3-9H,1-2H3,(H2,19,21). The lowest BCUT2D eigenvalue weighted by atomic mass is 10.1. The van der Waals surface area contributed by atoms with E-state index >= 15 is 0 Å². The van der Waals surface area contributed by atoms with Crippen LogP contribution in [0.25, 0.3) is 0 Å². The Morgan fingerprint density at radius 1 is 1.17 bits per heavy atom. The first-order valence-electron chi connectivity index (χ1n) is 7.21. The molecule has 3 aromatic rings. The van der Waals surface area contributed by atoms with Crippen LogP contribution in [0.15, 0.2) is 42.7 Å². The third kappa shape index (κ3) is 2.98. The van der Waals surface area contributed by atoms with Gasteiger partial charge in [-0.25, -0.2) is 9.97 Å². The molecule has 0 fully saturated rings. The molecule has 2 N–H and O–H groups in total. The Morgan fingerprint density at radius 2 is 1.92 bits per heavy atom. The zero-order chi connectivity index (χ0) is 17.3. The van der Waals surface area contributed by atoms with Crippen LogP contribution >= 0.6 is 22.9 Å². The number of rotatable bonds is 3. The van der Waals surface area contributed by atoms with Crippen LogP contribution in [0.2, 0.25) is 5.02 Å². The van der Waals surface area contributed by atoms with Crippen LogP contribution in [0.3, 0.4) is 0 Å². The van der Waals surface area contributed by atoms with E-state index in [0.29, 0.717) is 26.5 Å². The van der Waals surface area contributed by atoms with Gasteiger partial charge in [-0.1, -0.05) is 41.1 Å². The number of nitrogens with two attached hydrogens (primary N) is 1. The fourth-order valence-electron chi connectivity index (χ4n) is 2.42. The summed E-state index contributed by atoms with van der Waals surface area (Å²) in [5.74, 6) is 0.271. The maximum Gasteiger partial charge on any atom is 0.275 e. The van der Waals surface area contributed by atoms with E-state index in [1.54, 1.807) is 12.3 Å². The number of carbonyl (C=O) groups is 1. The first-order valence-corrected chi connectivity index (χ1v) is 8.41. The molecule has 0 radical (unpaired) electrons. The zero-order valence-electron chi connectivity index (χ0n) is 13.2. The highest BCUT2D eigenvalue weighted by atomic mass is 35.5. The maximum absolute atomic E-state index is 13.2. The Balaban J connectivity index is 2.22. The fraction of sp³-hybridized carbons (Fsp3) is 0.118. The average Bonchev–Trinajstić information content (AvgIpc) is 2.98. The molecule has 122 valence electrons. The number of hydrogen-bond donors (Lipinski definition) is 1. The van der Waals surface area contributed by atoms with E-state index in [4.69, 9.17) is 17.3 Å². The molecule has 5 nitrogen and oxygen atoms in total. The third-order valence-electron chi connectivity index (χ3n) is 3.54. The summed E-state index contributed by atoms with van der Waals surface area (Å²) < 4.78 is 0. The fourth-order valence-corrected chi connectivity index (χ4v) is 3.34. The topological polar surface area (TPSA) is 72.1 Å². The van der Waals surface area contributed by atoms with Gasteiger partial charge in [0.15, 0.2) is 5.13 Å². The number of nitrogens with zero attached hydrogens (tertiary/aromatic N) is 3. The molecular formula is C17H15ClN4OS. The first kappa shape index (κ1) is 16.4. The molecule has 0 aliphatic rings. The monoisotopic (exact) mass is 358 g/mol. The third-order valence-corrected chi connectivity index (χ3v) is 4.66. The molecular weight excluding hydrogens is 344 g/mol. The number of halogens is 1. The molecule has 2 heterocycles. The SMILES string of the molecule is Cc1cccnc1N(C(=O)c1cnc(N)s1)c1c(C)cccc1Cl. The number of amides is 1. The lowest BCUT2D eigenvalue weighted by molar-refractivity contribution is 0.100. The second-order valence-electron chi connectivity index (χ2n) is 5.25. The van der Waals surface area contributed by atoms with Gasteiger partial charge in [-0.2, -0.15) is 0 Å². The Morgan fingerprint density at radius 3 is 2.54 bits per heavy atom. The Hall–Kier alpha value is -2.44. The molecule has 0 saturated carbocycles. The van der Waals surface area contributed by atoms with Crippen molar-refractivity contribution in [3.63, 3.8) is 0 Å². The Labute approximate surface area is 148 Å². The Kier molecular flexibility index (Phi) is 4.51. The van der Waals surface area contributed by atoms with E-state index in [1.165, 1.54) is 11.1 Å². The summed E-state index contributed by atoms with van der Waals surface area (Å²) >= 11 is 7.54. The highest BCUT2D eigenvalue weighted by molar-refractivity contribution is 7.17. The van der Waals surface area contributed by atoms with Crippen molar-refractivity contribution >= 4 is 45.5 Å². The molecule has 3 rings (SSSR count). The zero-order valence-corrected chi connectivity index (χ0v) is 14.7. The minimum atomic E-state index is -0.262. The van der Waals surface area contributed by atoms with Crippen LogP contribution in [0, 0.1) is 13.8 Å². The van der Waals surface area contributed by atoms with E-state index in [1.807, 2.05) is 38.1 Å². The number of carbonyl (C=O) groups excluding carboxylic acids is 1. The second kappa shape index (κ2) is 6.59. The molecule has 0 spiro atoms. The van der Waals surface area contributed by atoms with Gasteiger partial charge in [-0.05, 0) is 37.1 Å². The predicted octanol–water partition coefficient (Wildman–Crippen LogP) is 4.37. The normalized spacial score (nSPS) is 10.6. The second-order valence-corrected chi connectivity index (χ2v) is 6.72. The lowest BCUT2D eigenvalue weighted by Gasteiger charge is -2.25. The number of benzene rings is 1. The van der Waals surface area contributed by atoms with Crippen molar-refractivity contribution in [2.24, 2.45) is 0 Å². The van der Waals surface area contributed by atoms with E-state index in [0.717, 1.165) is 22.5 Å². The molecule has 1 aromatic carbocycles. The Bertz CT molecular complexity index is 889. The number of anilines is 3. The minimum Gasteiger partial charge on any atom is -0.375 e. The summed E-state index contributed by atoms with van der Waals surface area (Å²) in [6.45, 7) is 3.80. The van der Waals surface area contributed by atoms with Gasteiger partial charge in [0.25, 0.3) is 5.91 Å². The van der Waals surface area contributed by atoms with Gasteiger partial charge in [0, 0.05) is 6.20 Å². The number of aromatic nitrogens is 2. The van der Waals surface area contributed by atoms with Crippen LogP contribution < -0.4 is 10.6 Å². The largest absolute Gasteiger partial charge is 0.375 e. The van der Waals surface area contributed by atoms with Crippen molar-refractivity contribution in [2.45, 2.75) is 13.8 Å². The van der Waals surface area contributed by atoms with Crippen molar-refractivity contribution in [3.8, 4) is 0 Å². The molecule has 0 saturated heterocycles. The summed E-state index contributed by atoms with van der Waals surface area (Å²) in [5, 5.41) is 0.817. The number of nitrogen functional groups attached to an aromatic ring is 1.